The fourth-order valence-corrected chi connectivity index (χ4v) is 1.27. The van der Waals surface area contributed by atoms with Crippen LogP contribution in [0.25, 0.3) is 0 Å². The first-order valence-electron chi connectivity index (χ1n) is 3.74. The lowest BCUT2D eigenvalue weighted by Gasteiger charge is -2.34. The monoisotopic (exact) mass is 192 g/mol. The molecule has 0 amide bonds. The third-order valence-corrected chi connectivity index (χ3v) is 6.66. The largest absolute Gasteiger partial charge is 0.548 e. The van der Waals surface area contributed by atoms with E-state index in [1.54, 1.807) is 6.26 Å². The van der Waals surface area contributed by atoms with E-state index in [1.165, 1.54) is 5.54 Å². The van der Waals surface area contributed by atoms with E-state index in [-0.39, 0.29) is 5.04 Å². The maximum Gasteiger partial charge on any atom is 0.249 e. The van der Waals surface area contributed by atoms with Crippen molar-refractivity contribution >= 4 is 19.9 Å². The van der Waals surface area contributed by atoms with Gasteiger partial charge in [0.1, 0.15) is 0 Å². The SMILES string of the molecule is CC(C)(C)[Si](C)(C)O/C=C/Cl. The minimum absolute atomic E-state index is 0.253. The topological polar surface area (TPSA) is 9.23 Å². The average Bonchev–Trinajstić information content (AvgIpc) is 1.81. The van der Waals surface area contributed by atoms with Gasteiger partial charge in [0.05, 0.1) is 6.26 Å². The van der Waals surface area contributed by atoms with Gasteiger partial charge < -0.3 is 4.43 Å². The van der Waals surface area contributed by atoms with Crippen molar-refractivity contribution in [3.63, 3.8) is 0 Å². The van der Waals surface area contributed by atoms with Crippen molar-refractivity contribution in [1.29, 1.82) is 0 Å². The highest BCUT2D eigenvalue weighted by Crippen LogP contribution is 2.36. The molecule has 0 radical (unpaired) electrons. The summed E-state index contributed by atoms with van der Waals surface area (Å²) in [6.45, 7) is 11.0. The molecular formula is C8H17ClOSi. The van der Waals surface area contributed by atoms with E-state index in [2.05, 4.69) is 33.9 Å². The first kappa shape index (κ1) is 11.0. The molecule has 0 aromatic heterocycles. The van der Waals surface area contributed by atoms with Crippen LogP contribution in [-0.2, 0) is 4.43 Å². The summed E-state index contributed by atoms with van der Waals surface area (Å²) >= 11 is 5.37. The van der Waals surface area contributed by atoms with Gasteiger partial charge in [0.25, 0.3) is 0 Å². The molecule has 0 fully saturated rings. The molecule has 0 spiro atoms. The van der Waals surface area contributed by atoms with Crippen molar-refractivity contribution < 1.29 is 4.43 Å². The summed E-state index contributed by atoms with van der Waals surface area (Å²) < 4.78 is 5.57. The number of hydrogen-bond acceptors (Lipinski definition) is 1. The Bertz CT molecular complexity index is 147. The van der Waals surface area contributed by atoms with Gasteiger partial charge in [-0.05, 0) is 18.1 Å². The third kappa shape index (κ3) is 3.30. The van der Waals surface area contributed by atoms with Gasteiger partial charge in [-0.15, -0.1) is 0 Å². The van der Waals surface area contributed by atoms with Gasteiger partial charge in [0.2, 0.25) is 8.32 Å². The van der Waals surface area contributed by atoms with E-state index in [9.17, 15) is 0 Å². The first-order chi connectivity index (χ1) is 4.81. The zero-order chi connectivity index (χ0) is 9.12. The molecule has 0 N–H and O–H groups in total. The number of halogens is 1. The zero-order valence-electron chi connectivity index (χ0n) is 7.94. The summed E-state index contributed by atoms with van der Waals surface area (Å²) in [5.74, 6) is 0. The quantitative estimate of drug-likeness (QED) is 0.479. The Labute approximate surface area is 75.5 Å². The fraction of sp³-hybridized carbons (Fsp3) is 0.750. The van der Waals surface area contributed by atoms with Crippen LogP contribution in [0.1, 0.15) is 20.8 Å². The standard InChI is InChI=1S/C8H17ClOSi/c1-8(2,3)11(4,5)10-7-6-9/h6-7H,1-5H3/b7-6+. The Morgan fingerprint density at radius 3 is 2.00 bits per heavy atom. The summed E-state index contributed by atoms with van der Waals surface area (Å²) in [5, 5.41) is 0.253. The third-order valence-electron chi connectivity index (χ3n) is 2.22. The van der Waals surface area contributed by atoms with Crippen LogP contribution in [0.5, 0.6) is 0 Å². The molecule has 0 aliphatic carbocycles. The Kier molecular flexibility index (Phi) is 3.65. The molecule has 3 heteroatoms. The second kappa shape index (κ2) is 3.63. The summed E-state index contributed by atoms with van der Waals surface area (Å²) in [5.41, 5.74) is 1.42. The highest BCUT2D eigenvalue weighted by Gasteiger charge is 2.37. The second-order valence-electron chi connectivity index (χ2n) is 4.14. The molecule has 0 aromatic rings. The maximum atomic E-state index is 5.57. The minimum atomic E-state index is -1.60. The fourth-order valence-electron chi connectivity index (χ4n) is 0.373. The van der Waals surface area contributed by atoms with Crippen LogP contribution in [0, 0.1) is 0 Å². The smallest absolute Gasteiger partial charge is 0.249 e. The van der Waals surface area contributed by atoms with Gasteiger partial charge in [-0.25, -0.2) is 0 Å². The van der Waals surface area contributed by atoms with Crippen molar-refractivity contribution in [2.24, 2.45) is 0 Å². The lowest BCUT2D eigenvalue weighted by molar-refractivity contribution is 0.431. The van der Waals surface area contributed by atoms with E-state index in [1.807, 2.05) is 0 Å². The molecule has 0 unspecified atom stereocenters. The number of rotatable bonds is 2. The molecule has 0 rings (SSSR count). The van der Waals surface area contributed by atoms with E-state index in [0.29, 0.717) is 0 Å². The van der Waals surface area contributed by atoms with Crippen LogP contribution in [0.4, 0.5) is 0 Å². The highest BCUT2D eigenvalue weighted by atomic mass is 35.5. The summed E-state index contributed by atoms with van der Waals surface area (Å²) in [6, 6.07) is 0. The Morgan fingerprint density at radius 1 is 1.27 bits per heavy atom. The van der Waals surface area contributed by atoms with Gasteiger partial charge >= 0.3 is 0 Å². The molecule has 1 nitrogen and oxygen atoms in total. The highest BCUT2D eigenvalue weighted by molar-refractivity contribution is 6.74. The van der Waals surface area contributed by atoms with Gasteiger partial charge in [0, 0.05) is 5.54 Å². The molecule has 0 aliphatic heterocycles. The van der Waals surface area contributed by atoms with E-state index in [0.717, 1.165) is 0 Å². The lowest BCUT2D eigenvalue weighted by Crippen LogP contribution is -2.39. The summed E-state index contributed by atoms with van der Waals surface area (Å²) in [4.78, 5) is 0. The molecule has 11 heavy (non-hydrogen) atoms. The predicted octanol–water partition coefficient (Wildman–Crippen LogP) is 3.72. The summed E-state index contributed by atoms with van der Waals surface area (Å²) in [6.07, 6.45) is 1.58. The summed E-state index contributed by atoms with van der Waals surface area (Å²) in [7, 11) is -1.60. The molecule has 0 saturated carbocycles. The van der Waals surface area contributed by atoms with Crippen LogP contribution in [0.3, 0.4) is 0 Å². The van der Waals surface area contributed by atoms with Crippen molar-refractivity contribution in [3.8, 4) is 0 Å². The zero-order valence-corrected chi connectivity index (χ0v) is 9.70. The van der Waals surface area contributed by atoms with E-state index in [4.69, 9.17) is 16.0 Å². The molecule has 0 bridgehead atoms. The Morgan fingerprint density at radius 2 is 1.73 bits per heavy atom. The molecule has 0 atom stereocenters. The van der Waals surface area contributed by atoms with Crippen molar-refractivity contribution in [3.05, 3.63) is 11.8 Å². The molecule has 0 aliphatic rings. The van der Waals surface area contributed by atoms with Crippen LogP contribution >= 0.6 is 11.6 Å². The van der Waals surface area contributed by atoms with Gasteiger partial charge in [-0.1, -0.05) is 32.4 Å². The Hall–Kier alpha value is 0.0469. The molecule has 0 aromatic carbocycles. The van der Waals surface area contributed by atoms with Gasteiger partial charge in [-0.2, -0.15) is 0 Å². The van der Waals surface area contributed by atoms with Crippen molar-refractivity contribution in [2.45, 2.75) is 38.9 Å². The van der Waals surface area contributed by atoms with Crippen molar-refractivity contribution in [2.75, 3.05) is 0 Å². The average molecular weight is 193 g/mol. The van der Waals surface area contributed by atoms with Crippen LogP contribution < -0.4 is 0 Å². The molecule has 0 heterocycles. The van der Waals surface area contributed by atoms with E-state index >= 15 is 0 Å². The lowest BCUT2D eigenvalue weighted by atomic mass is 10.2. The van der Waals surface area contributed by atoms with Crippen LogP contribution in [0.2, 0.25) is 18.1 Å². The molecule has 66 valence electrons. The van der Waals surface area contributed by atoms with Gasteiger partial charge in [0.15, 0.2) is 0 Å². The van der Waals surface area contributed by atoms with Crippen LogP contribution in [-0.4, -0.2) is 8.32 Å². The van der Waals surface area contributed by atoms with E-state index < -0.39 is 8.32 Å². The normalized spacial score (nSPS) is 14.0. The minimum Gasteiger partial charge on any atom is -0.548 e. The Balaban J connectivity index is 4.22. The van der Waals surface area contributed by atoms with Gasteiger partial charge in [-0.3, -0.25) is 0 Å². The second-order valence-corrected chi connectivity index (χ2v) is 9.15. The van der Waals surface area contributed by atoms with Crippen LogP contribution in [0.15, 0.2) is 11.8 Å². The van der Waals surface area contributed by atoms with Crippen molar-refractivity contribution in [1.82, 2.24) is 0 Å². The molecule has 0 saturated heterocycles. The molecular weight excluding hydrogens is 176 g/mol. The maximum absolute atomic E-state index is 5.57. The first-order valence-corrected chi connectivity index (χ1v) is 7.09. The predicted molar refractivity (Wildman–Crippen MR) is 53.3 cm³/mol. The number of hydrogen-bond donors (Lipinski definition) is 0.